The molecule has 0 radical (unpaired) electrons. The van der Waals surface area contributed by atoms with Gasteiger partial charge in [-0.1, -0.05) is 6.07 Å². The molecule has 3 rings (SSSR count). The second kappa shape index (κ2) is 5.88. The summed E-state index contributed by atoms with van der Waals surface area (Å²) in [4.78, 5) is 22.7. The summed E-state index contributed by atoms with van der Waals surface area (Å²) in [6.45, 7) is 6.51. The molecule has 6 heteroatoms. The van der Waals surface area contributed by atoms with Gasteiger partial charge in [-0.15, -0.1) is 0 Å². The first-order valence-corrected chi connectivity index (χ1v) is 7.50. The van der Waals surface area contributed by atoms with Crippen LogP contribution in [0.15, 0.2) is 24.5 Å². The first kappa shape index (κ1) is 14.7. The highest BCUT2D eigenvalue weighted by Crippen LogP contribution is 2.28. The van der Waals surface area contributed by atoms with E-state index in [4.69, 9.17) is 0 Å². The molecule has 0 bridgehead atoms. The van der Waals surface area contributed by atoms with Crippen molar-refractivity contribution < 1.29 is 9.90 Å². The van der Waals surface area contributed by atoms with E-state index in [9.17, 15) is 9.90 Å². The molecule has 1 N–H and O–H groups in total. The molecule has 0 aromatic carbocycles. The Balaban J connectivity index is 1.86. The molecule has 0 fully saturated rings. The van der Waals surface area contributed by atoms with Crippen LogP contribution in [0.4, 0.5) is 0 Å². The minimum absolute atomic E-state index is 0.490. The first-order chi connectivity index (χ1) is 10.6. The highest BCUT2D eigenvalue weighted by molar-refractivity contribution is 5.76. The zero-order chi connectivity index (χ0) is 15.7. The molecule has 0 amide bonds. The molecule has 2 aromatic rings. The number of nitrogens with zero attached hydrogens (tertiary/aromatic N) is 4. The van der Waals surface area contributed by atoms with Gasteiger partial charge in [0.25, 0.3) is 0 Å². The maximum absolute atomic E-state index is 11.7. The second-order valence-electron chi connectivity index (χ2n) is 5.69. The van der Waals surface area contributed by atoms with Gasteiger partial charge in [0.15, 0.2) is 0 Å². The number of aliphatic carboxylic acids is 1. The molecule has 22 heavy (non-hydrogen) atoms. The van der Waals surface area contributed by atoms with Crippen LogP contribution in [0.5, 0.6) is 0 Å². The number of imidazole rings is 1. The zero-order valence-corrected chi connectivity index (χ0v) is 12.9. The fourth-order valence-electron chi connectivity index (χ4n) is 3.06. The summed E-state index contributed by atoms with van der Waals surface area (Å²) in [7, 11) is 0. The van der Waals surface area contributed by atoms with Gasteiger partial charge < -0.3 is 9.67 Å². The number of hydrogen-bond acceptors (Lipinski definition) is 4. The lowest BCUT2D eigenvalue weighted by molar-refractivity contribution is -0.139. The van der Waals surface area contributed by atoms with E-state index in [0.29, 0.717) is 19.6 Å². The summed E-state index contributed by atoms with van der Waals surface area (Å²) < 4.78 is 1.94. The van der Waals surface area contributed by atoms with Gasteiger partial charge in [0.05, 0.1) is 23.4 Å². The van der Waals surface area contributed by atoms with Gasteiger partial charge in [0, 0.05) is 31.9 Å². The molecule has 1 aliphatic rings. The number of hydrogen-bond donors (Lipinski definition) is 1. The van der Waals surface area contributed by atoms with E-state index in [1.165, 1.54) is 0 Å². The largest absolute Gasteiger partial charge is 0.481 e. The topological polar surface area (TPSA) is 71.2 Å². The van der Waals surface area contributed by atoms with Crippen LogP contribution in [0.25, 0.3) is 0 Å². The third-order valence-electron chi connectivity index (χ3n) is 4.07. The van der Waals surface area contributed by atoms with Crippen molar-refractivity contribution >= 4 is 5.97 Å². The summed E-state index contributed by atoms with van der Waals surface area (Å²) >= 11 is 0. The Morgan fingerprint density at radius 2 is 2.27 bits per heavy atom. The minimum atomic E-state index is -0.793. The van der Waals surface area contributed by atoms with Gasteiger partial charge in [-0.3, -0.25) is 14.7 Å². The highest BCUT2D eigenvalue weighted by Gasteiger charge is 2.34. The summed E-state index contributed by atoms with van der Waals surface area (Å²) in [5.74, 6) is -1.32. The molecule has 0 aliphatic carbocycles. The van der Waals surface area contributed by atoms with Crippen LogP contribution in [-0.2, 0) is 24.4 Å². The van der Waals surface area contributed by atoms with Crippen molar-refractivity contribution in [2.45, 2.75) is 39.4 Å². The number of pyridine rings is 1. The lowest BCUT2D eigenvalue weighted by Gasteiger charge is -2.30. The van der Waals surface area contributed by atoms with Crippen LogP contribution in [0.3, 0.4) is 0 Å². The standard InChI is InChI=1S/C16H20N4O2/c1-3-20-10-17-14-9-19(8-13(15(14)20)16(21)22)7-12-6-4-5-11(2)18-12/h4-6,10,13H,3,7-9H2,1-2H3,(H,21,22). The van der Waals surface area contributed by atoms with Crippen molar-refractivity contribution in [3.63, 3.8) is 0 Å². The molecular formula is C16H20N4O2. The van der Waals surface area contributed by atoms with E-state index in [-0.39, 0.29) is 0 Å². The number of carboxylic acid groups (broad SMARTS) is 1. The van der Waals surface area contributed by atoms with E-state index < -0.39 is 11.9 Å². The van der Waals surface area contributed by atoms with Crippen LogP contribution in [0, 0.1) is 6.92 Å². The summed E-state index contributed by atoms with van der Waals surface area (Å²) in [6.07, 6.45) is 1.75. The van der Waals surface area contributed by atoms with Crippen LogP contribution in [0.1, 0.15) is 35.6 Å². The molecule has 1 unspecified atom stereocenters. The fraction of sp³-hybridized carbons (Fsp3) is 0.438. The van der Waals surface area contributed by atoms with E-state index in [0.717, 1.165) is 29.3 Å². The fourth-order valence-corrected chi connectivity index (χ4v) is 3.06. The van der Waals surface area contributed by atoms with Gasteiger partial charge in [0.1, 0.15) is 5.92 Å². The van der Waals surface area contributed by atoms with Crippen LogP contribution < -0.4 is 0 Å². The van der Waals surface area contributed by atoms with E-state index in [2.05, 4.69) is 14.9 Å². The van der Waals surface area contributed by atoms with Gasteiger partial charge in [0.2, 0.25) is 0 Å². The third-order valence-corrected chi connectivity index (χ3v) is 4.07. The number of aromatic nitrogens is 3. The van der Waals surface area contributed by atoms with E-state index in [1.54, 1.807) is 6.33 Å². The second-order valence-corrected chi connectivity index (χ2v) is 5.69. The van der Waals surface area contributed by atoms with Crippen molar-refractivity contribution in [1.82, 2.24) is 19.4 Å². The predicted molar refractivity (Wildman–Crippen MR) is 81.4 cm³/mol. The Hall–Kier alpha value is -2.21. The normalized spacial score (nSPS) is 18.2. The molecule has 2 aromatic heterocycles. The first-order valence-electron chi connectivity index (χ1n) is 7.50. The highest BCUT2D eigenvalue weighted by atomic mass is 16.4. The Kier molecular flexibility index (Phi) is 3.94. The average molecular weight is 300 g/mol. The number of carbonyl (C=O) groups is 1. The third kappa shape index (κ3) is 2.74. The Labute approximate surface area is 129 Å². The van der Waals surface area contributed by atoms with Crippen molar-refractivity contribution in [1.29, 1.82) is 0 Å². The van der Waals surface area contributed by atoms with Crippen molar-refractivity contribution in [3.05, 3.63) is 47.3 Å². The maximum Gasteiger partial charge on any atom is 0.313 e. The molecule has 3 heterocycles. The van der Waals surface area contributed by atoms with Crippen LogP contribution >= 0.6 is 0 Å². The molecular weight excluding hydrogens is 280 g/mol. The smallest absolute Gasteiger partial charge is 0.313 e. The summed E-state index contributed by atoms with van der Waals surface area (Å²) in [5.41, 5.74) is 3.65. The molecule has 1 atom stereocenters. The monoisotopic (exact) mass is 300 g/mol. The van der Waals surface area contributed by atoms with Crippen LogP contribution in [-0.4, -0.2) is 37.1 Å². The van der Waals surface area contributed by atoms with E-state index >= 15 is 0 Å². The summed E-state index contributed by atoms with van der Waals surface area (Å²) in [5, 5.41) is 9.57. The van der Waals surface area contributed by atoms with Gasteiger partial charge in [-0.25, -0.2) is 4.98 Å². The predicted octanol–water partition coefficient (Wildman–Crippen LogP) is 1.79. The Bertz CT molecular complexity index is 695. The molecule has 0 saturated carbocycles. The lowest BCUT2D eigenvalue weighted by atomic mass is 9.98. The van der Waals surface area contributed by atoms with Crippen molar-refractivity contribution in [3.8, 4) is 0 Å². The SMILES string of the molecule is CCn1cnc2c1C(C(=O)O)CN(Cc1cccc(C)n1)C2. The van der Waals surface area contributed by atoms with Crippen molar-refractivity contribution in [2.75, 3.05) is 6.54 Å². The molecule has 0 spiro atoms. The van der Waals surface area contributed by atoms with Gasteiger partial charge >= 0.3 is 5.97 Å². The molecule has 0 saturated heterocycles. The average Bonchev–Trinajstić information content (AvgIpc) is 2.89. The molecule has 116 valence electrons. The van der Waals surface area contributed by atoms with E-state index in [1.807, 2.05) is 36.6 Å². The Morgan fingerprint density at radius 1 is 1.45 bits per heavy atom. The minimum Gasteiger partial charge on any atom is -0.481 e. The molecule has 6 nitrogen and oxygen atoms in total. The van der Waals surface area contributed by atoms with Gasteiger partial charge in [-0.05, 0) is 26.0 Å². The van der Waals surface area contributed by atoms with Crippen molar-refractivity contribution in [2.24, 2.45) is 0 Å². The number of rotatable bonds is 4. The quantitative estimate of drug-likeness (QED) is 0.932. The summed E-state index contributed by atoms with van der Waals surface area (Å²) in [6, 6.07) is 5.91. The maximum atomic E-state index is 11.7. The van der Waals surface area contributed by atoms with Gasteiger partial charge in [-0.2, -0.15) is 0 Å². The molecule has 1 aliphatic heterocycles. The Morgan fingerprint density at radius 3 is 2.95 bits per heavy atom. The number of carboxylic acids is 1. The number of fused-ring (bicyclic) bond motifs is 1. The zero-order valence-electron chi connectivity index (χ0n) is 12.9. The lowest BCUT2D eigenvalue weighted by Crippen LogP contribution is -2.37. The van der Waals surface area contributed by atoms with Crippen LogP contribution in [0.2, 0.25) is 0 Å². The number of aryl methyl sites for hydroxylation is 2.